The predicted octanol–water partition coefficient (Wildman–Crippen LogP) is 0.00540. The maximum Gasteiger partial charge on any atom is 0.251 e. The Labute approximate surface area is 108 Å². The molecule has 6 nitrogen and oxygen atoms in total. The van der Waals surface area contributed by atoms with E-state index in [0.29, 0.717) is 23.8 Å². The van der Waals surface area contributed by atoms with Crippen molar-refractivity contribution in [3.8, 4) is 11.4 Å². The summed E-state index contributed by atoms with van der Waals surface area (Å²) in [5.74, 6) is 0.406. The molecule has 4 rings (SSSR count). The zero-order valence-corrected chi connectivity index (χ0v) is 10.2. The lowest BCUT2D eigenvalue weighted by Gasteiger charge is -1.99. The van der Waals surface area contributed by atoms with Gasteiger partial charge in [-0.05, 0) is 12.8 Å². The van der Waals surface area contributed by atoms with Crippen LogP contribution in [0.2, 0.25) is 0 Å². The third kappa shape index (κ3) is 1.85. The van der Waals surface area contributed by atoms with E-state index in [-0.39, 0.29) is 5.91 Å². The molecule has 1 saturated carbocycles. The van der Waals surface area contributed by atoms with E-state index >= 15 is 0 Å². The summed E-state index contributed by atoms with van der Waals surface area (Å²) in [5, 5.41) is 5.13. The van der Waals surface area contributed by atoms with Crippen LogP contribution in [0, 0.1) is 0 Å². The summed E-state index contributed by atoms with van der Waals surface area (Å²) in [4.78, 5) is 23.9. The van der Waals surface area contributed by atoms with Crippen LogP contribution in [0.3, 0.4) is 0 Å². The molecular weight excluding hydrogens is 242 g/mol. The van der Waals surface area contributed by atoms with Crippen molar-refractivity contribution >= 4 is 12.0 Å². The maximum absolute atomic E-state index is 11.3. The number of amides is 1. The van der Waals surface area contributed by atoms with Crippen LogP contribution in [0.4, 0.5) is 0 Å². The molecule has 0 radical (unpaired) electrons. The van der Waals surface area contributed by atoms with Gasteiger partial charge in [-0.3, -0.25) is 9.48 Å². The molecule has 1 fully saturated rings. The first-order chi connectivity index (χ1) is 9.29. The third-order valence-electron chi connectivity index (χ3n) is 3.30. The minimum Gasteiger partial charge on any atom is -0.272 e. The lowest BCUT2D eigenvalue weighted by molar-refractivity contribution is -0.117. The van der Waals surface area contributed by atoms with Crippen LogP contribution in [0.5, 0.6) is 0 Å². The van der Waals surface area contributed by atoms with E-state index in [1.54, 1.807) is 12.4 Å². The fraction of sp³-hybridized carbons (Fsp3) is 0.308. The van der Waals surface area contributed by atoms with Crippen LogP contribution in [0.1, 0.15) is 25.3 Å². The van der Waals surface area contributed by atoms with Crippen molar-refractivity contribution in [3.05, 3.63) is 29.3 Å². The van der Waals surface area contributed by atoms with Crippen LogP contribution < -0.4 is 10.7 Å². The van der Waals surface area contributed by atoms with E-state index in [2.05, 4.69) is 20.1 Å². The van der Waals surface area contributed by atoms with Crippen LogP contribution in [0.15, 0.2) is 23.6 Å². The Morgan fingerprint density at radius 2 is 2.16 bits per heavy atom. The molecule has 2 aliphatic rings. The quantitative estimate of drug-likeness (QED) is 0.755. The first-order valence-electron chi connectivity index (χ1n) is 6.29. The minimum atomic E-state index is -0.161. The Hall–Kier alpha value is -2.37. The second kappa shape index (κ2) is 3.81. The molecule has 3 heterocycles. The molecule has 0 bridgehead atoms. The number of aromatic nitrogens is 4. The number of fused-ring (bicyclic) bond motifs is 1. The predicted molar refractivity (Wildman–Crippen MR) is 66.4 cm³/mol. The van der Waals surface area contributed by atoms with E-state index in [9.17, 15) is 4.79 Å². The van der Waals surface area contributed by atoms with Gasteiger partial charge in [-0.1, -0.05) is 6.08 Å². The lowest BCUT2D eigenvalue weighted by Crippen LogP contribution is -2.33. The number of hydrogen-bond donors (Lipinski definition) is 0. The van der Waals surface area contributed by atoms with Gasteiger partial charge in [0.2, 0.25) is 0 Å². The van der Waals surface area contributed by atoms with Gasteiger partial charge >= 0.3 is 0 Å². The Morgan fingerprint density at radius 1 is 1.26 bits per heavy atom. The van der Waals surface area contributed by atoms with Crippen molar-refractivity contribution in [1.82, 2.24) is 19.7 Å². The van der Waals surface area contributed by atoms with Gasteiger partial charge < -0.3 is 0 Å². The van der Waals surface area contributed by atoms with Crippen molar-refractivity contribution in [2.75, 3.05) is 0 Å². The Morgan fingerprint density at radius 3 is 3.00 bits per heavy atom. The number of rotatable bonds is 2. The average Bonchev–Trinajstić information content (AvgIpc) is 3.16. The second-order valence-corrected chi connectivity index (χ2v) is 4.83. The van der Waals surface area contributed by atoms with Crippen LogP contribution in [-0.4, -0.2) is 25.7 Å². The minimum absolute atomic E-state index is 0.161. The molecule has 0 atom stereocenters. The SMILES string of the molecule is O=C1CC=c2cnc(-c3cnn(C4CC4)c3)nc2=N1. The highest BCUT2D eigenvalue weighted by Crippen LogP contribution is 2.34. The highest BCUT2D eigenvalue weighted by molar-refractivity contribution is 5.82. The Kier molecular flexibility index (Phi) is 2.11. The van der Waals surface area contributed by atoms with Crippen LogP contribution in [0.25, 0.3) is 17.5 Å². The number of nitrogens with zero attached hydrogens (tertiary/aromatic N) is 5. The van der Waals surface area contributed by atoms with Gasteiger partial charge in [0.1, 0.15) is 0 Å². The van der Waals surface area contributed by atoms with E-state index in [1.165, 1.54) is 12.8 Å². The summed E-state index contributed by atoms with van der Waals surface area (Å²) in [6, 6.07) is 0.533. The zero-order valence-electron chi connectivity index (χ0n) is 10.2. The lowest BCUT2D eigenvalue weighted by atomic mass is 10.2. The second-order valence-electron chi connectivity index (χ2n) is 4.83. The summed E-state index contributed by atoms with van der Waals surface area (Å²) in [6.45, 7) is 0. The van der Waals surface area contributed by atoms with E-state index < -0.39 is 0 Å². The molecule has 0 spiro atoms. The number of carbonyl (C=O) groups is 1. The van der Waals surface area contributed by atoms with Gasteiger partial charge in [0.25, 0.3) is 5.91 Å². The molecule has 0 N–H and O–H groups in total. The van der Waals surface area contributed by atoms with Crippen LogP contribution >= 0.6 is 0 Å². The molecule has 94 valence electrons. The van der Waals surface area contributed by atoms with E-state index in [4.69, 9.17) is 0 Å². The maximum atomic E-state index is 11.3. The van der Waals surface area contributed by atoms with Gasteiger partial charge in [0.05, 0.1) is 17.8 Å². The van der Waals surface area contributed by atoms with E-state index in [0.717, 1.165) is 10.8 Å². The van der Waals surface area contributed by atoms with Crippen molar-refractivity contribution in [2.45, 2.75) is 25.3 Å². The van der Waals surface area contributed by atoms with Gasteiger partial charge in [-0.25, -0.2) is 9.97 Å². The largest absolute Gasteiger partial charge is 0.272 e. The summed E-state index contributed by atoms with van der Waals surface area (Å²) < 4.78 is 1.95. The summed E-state index contributed by atoms with van der Waals surface area (Å²) in [7, 11) is 0. The van der Waals surface area contributed by atoms with Crippen molar-refractivity contribution in [2.24, 2.45) is 4.99 Å². The molecule has 1 aliphatic heterocycles. The van der Waals surface area contributed by atoms with E-state index in [1.807, 2.05) is 17.0 Å². The number of carbonyl (C=O) groups excluding carboxylic acids is 1. The smallest absolute Gasteiger partial charge is 0.251 e. The Bertz CT molecular complexity index is 788. The third-order valence-corrected chi connectivity index (χ3v) is 3.30. The number of hydrogen-bond acceptors (Lipinski definition) is 4. The van der Waals surface area contributed by atoms with Gasteiger partial charge in [0.15, 0.2) is 11.3 Å². The molecule has 6 heteroatoms. The standard InChI is InChI=1S/C13H11N5O/c19-11-4-1-8-5-14-12(17-13(8)16-11)9-6-15-18(7-9)10-2-3-10/h1,5-7,10H,2-4H2. The molecule has 0 aromatic carbocycles. The van der Waals surface area contributed by atoms with Gasteiger partial charge in [0, 0.05) is 24.0 Å². The highest BCUT2D eigenvalue weighted by atomic mass is 16.1. The molecule has 19 heavy (non-hydrogen) atoms. The molecule has 0 saturated heterocycles. The van der Waals surface area contributed by atoms with Crippen molar-refractivity contribution in [3.63, 3.8) is 0 Å². The van der Waals surface area contributed by atoms with Crippen molar-refractivity contribution < 1.29 is 4.79 Å². The zero-order chi connectivity index (χ0) is 12.8. The van der Waals surface area contributed by atoms with Gasteiger partial charge in [-0.2, -0.15) is 10.1 Å². The molecule has 1 amide bonds. The normalized spacial score (nSPS) is 17.6. The van der Waals surface area contributed by atoms with Gasteiger partial charge in [-0.15, -0.1) is 0 Å². The summed E-state index contributed by atoms with van der Waals surface area (Å²) >= 11 is 0. The first-order valence-corrected chi connectivity index (χ1v) is 6.29. The fourth-order valence-corrected chi connectivity index (χ4v) is 2.11. The molecule has 2 aromatic heterocycles. The van der Waals surface area contributed by atoms with Crippen LogP contribution in [-0.2, 0) is 4.79 Å². The topological polar surface area (TPSA) is 73.0 Å². The highest BCUT2D eigenvalue weighted by Gasteiger charge is 2.24. The molecule has 0 unspecified atom stereocenters. The summed E-state index contributed by atoms with van der Waals surface area (Å²) in [5.41, 5.74) is 1.32. The molecule has 1 aliphatic carbocycles. The average molecular weight is 253 g/mol. The monoisotopic (exact) mass is 253 g/mol. The van der Waals surface area contributed by atoms with Crippen molar-refractivity contribution in [1.29, 1.82) is 0 Å². The first kappa shape index (κ1) is 10.5. The molecular formula is C13H11N5O. The fourth-order valence-electron chi connectivity index (χ4n) is 2.11. The molecule has 2 aromatic rings. The Balaban J connectivity index is 1.81. The summed E-state index contributed by atoms with van der Waals surface area (Å²) in [6.07, 6.45) is 9.93.